The maximum Gasteiger partial charge on any atom is 0.319 e. The van der Waals surface area contributed by atoms with Crippen LogP contribution in [0.4, 0.5) is 4.79 Å². The minimum Gasteiger partial charge on any atom is -0.481 e. The Morgan fingerprint density at radius 3 is 2.75 bits per heavy atom. The number of thioether (sulfide) groups is 1. The Hall–Kier alpha value is -0.910. The third kappa shape index (κ3) is 3.30. The van der Waals surface area contributed by atoms with Crippen molar-refractivity contribution in [3.63, 3.8) is 0 Å². The van der Waals surface area contributed by atoms with Gasteiger partial charge in [-0.3, -0.25) is 4.79 Å². The summed E-state index contributed by atoms with van der Waals surface area (Å²) in [7, 11) is 1.76. The molecule has 1 aliphatic rings. The number of aliphatic carboxylic acids is 1. The van der Waals surface area contributed by atoms with Gasteiger partial charge in [-0.25, -0.2) is 4.79 Å². The molecule has 1 unspecified atom stereocenters. The quantitative estimate of drug-likeness (QED) is 0.797. The molecule has 0 bridgehead atoms. The van der Waals surface area contributed by atoms with E-state index in [0.29, 0.717) is 26.1 Å². The van der Waals surface area contributed by atoms with E-state index < -0.39 is 11.9 Å². The van der Waals surface area contributed by atoms with E-state index in [1.165, 1.54) is 0 Å². The number of nitrogens with zero attached hydrogens (tertiary/aromatic N) is 2. The highest BCUT2D eigenvalue weighted by Gasteiger charge is 2.31. The molecule has 1 rings (SSSR count). The van der Waals surface area contributed by atoms with Crippen LogP contribution in [0.15, 0.2) is 0 Å². The maximum absolute atomic E-state index is 11.9. The van der Waals surface area contributed by atoms with Crippen molar-refractivity contribution in [2.24, 2.45) is 5.92 Å². The van der Waals surface area contributed by atoms with Crippen molar-refractivity contribution in [1.82, 2.24) is 9.80 Å². The van der Waals surface area contributed by atoms with Gasteiger partial charge in [-0.2, -0.15) is 11.8 Å². The van der Waals surface area contributed by atoms with Gasteiger partial charge in [0, 0.05) is 32.4 Å². The van der Waals surface area contributed by atoms with Gasteiger partial charge in [-0.1, -0.05) is 0 Å². The summed E-state index contributed by atoms with van der Waals surface area (Å²) in [6, 6.07) is -0.0576. The molecule has 1 N–H and O–H groups in total. The summed E-state index contributed by atoms with van der Waals surface area (Å²) in [5, 5.41) is 8.84. The monoisotopic (exact) mass is 246 g/mol. The molecule has 0 aromatic rings. The lowest BCUT2D eigenvalue weighted by molar-refractivity contribution is -0.141. The van der Waals surface area contributed by atoms with Gasteiger partial charge in [0.05, 0.1) is 5.92 Å². The molecule has 2 amide bonds. The molecule has 1 aliphatic heterocycles. The molecule has 0 saturated carbocycles. The number of amides is 2. The first-order valence-electron chi connectivity index (χ1n) is 5.28. The van der Waals surface area contributed by atoms with Crippen LogP contribution in [0, 0.1) is 5.92 Å². The Labute approximate surface area is 99.8 Å². The second kappa shape index (κ2) is 5.98. The maximum atomic E-state index is 11.9. The Balaban J connectivity index is 2.41. The number of carboxylic acid groups (broad SMARTS) is 1. The summed E-state index contributed by atoms with van der Waals surface area (Å²) in [5.41, 5.74) is 0. The van der Waals surface area contributed by atoms with Crippen molar-refractivity contribution < 1.29 is 14.7 Å². The van der Waals surface area contributed by atoms with Gasteiger partial charge >= 0.3 is 12.0 Å². The fourth-order valence-corrected chi connectivity index (χ4v) is 2.16. The zero-order chi connectivity index (χ0) is 12.1. The van der Waals surface area contributed by atoms with E-state index in [0.717, 1.165) is 5.75 Å². The molecule has 92 valence electrons. The number of rotatable bonds is 4. The molecule has 1 heterocycles. The average Bonchev–Trinajstić information content (AvgIpc) is 2.74. The van der Waals surface area contributed by atoms with Crippen molar-refractivity contribution in [3.8, 4) is 0 Å². The first-order chi connectivity index (χ1) is 7.56. The zero-order valence-electron chi connectivity index (χ0n) is 9.68. The summed E-state index contributed by atoms with van der Waals surface area (Å²) in [6.07, 6.45) is 2.56. The first-order valence-corrected chi connectivity index (χ1v) is 6.67. The molecular formula is C10H18N2O3S. The van der Waals surface area contributed by atoms with Crippen molar-refractivity contribution in [3.05, 3.63) is 0 Å². The predicted octanol–water partition coefficient (Wildman–Crippen LogP) is 0.808. The molecule has 16 heavy (non-hydrogen) atoms. The standard InChI is InChI=1S/C10H18N2O3S/c1-11(5-6-16-2)10(15)12-4-3-8(7-12)9(13)14/h8H,3-7H2,1-2H3,(H,13,14). The molecule has 1 atom stereocenters. The van der Waals surface area contributed by atoms with Crippen LogP contribution < -0.4 is 0 Å². The molecule has 1 saturated heterocycles. The summed E-state index contributed by atoms with van der Waals surface area (Å²) in [6.45, 7) is 1.60. The second-order valence-electron chi connectivity index (χ2n) is 3.97. The third-order valence-corrected chi connectivity index (χ3v) is 3.36. The highest BCUT2D eigenvalue weighted by Crippen LogP contribution is 2.17. The lowest BCUT2D eigenvalue weighted by Crippen LogP contribution is -2.41. The Bertz CT molecular complexity index is 273. The van der Waals surface area contributed by atoms with Crippen LogP contribution in [0.5, 0.6) is 0 Å². The molecule has 0 aliphatic carbocycles. The molecule has 0 radical (unpaired) electrons. The summed E-state index contributed by atoms with van der Waals surface area (Å²) >= 11 is 1.69. The molecule has 1 fully saturated rings. The van der Waals surface area contributed by atoms with E-state index in [1.54, 1.807) is 28.6 Å². The van der Waals surface area contributed by atoms with E-state index in [2.05, 4.69) is 0 Å². The number of carboxylic acids is 1. The lowest BCUT2D eigenvalue weighted by Gasteiger charge is -2.24. The van der Waals surface area contributed by atoms with Crippen LogP contribution in [-0.4, -0.2) is 65.6 Å². The minimum absolute atomic E-state index is 0.0576. The van der Waals surface area contributed by atoms with Gasteiger partial charge in [0.1, 0.15) is 0 Å². The number of urea groups is 1. The van der Waals surface area contributed by atoms with Crippen molar-refractivity contribution >= 4 is 23.8 Å². The molecular weight excluding hydrogens is 228 g/mol. The number of hydrogen-bond acceptors (Lipinski definition) is 3. The van der Waals surface area contributed by atoms with E-state index in [9.17, 15) is 9.59 Å². The Kier molecular flexibility index (Phi) is 4.92. The minimum atomic E-state index is -0.804. The number of hydrogen-bond donors (Lipinski definition) is 1. The van der Waals surface area contributed by atoms with Crippen LogP contribution in [0.1, 0.15) is 6.42 Å². The highest BCUT2D eigenvalue weighted by molar-refractivity contribution is 7.98. The number of likely N-dealkylation sites (tertiary alicyclic amines) is 1. The van der Waals surface area contributed by atoms with Gasteiger partial charge in [-0.05, 0) is 12.7 Å². The van der Waals surface area contributed by atoms with E-state index >= 15 is 0 Å². The molecule has 0 aromatic heterocycles. The van der Waals surface area contributed by atoms with Gasteiger partial charge in [0.25, 0.3) is 0 Å². The second-order valence-corrected chi connectivity index (χ2v) is 4.95. The average molecular weight is 246 g/mol. The summed E-state index contributed by atoms with van der Waals surface area (Å²) < 4.78 is 0. The normalized spacial score (nSPS) is 19.9. The fourth-order valence-electron chi connectivity index (χ4n) is 1.70. The molecule has 5 nitrogen and oxygen atoms in total. The van der Waals surface area contributed by atoms with E-state index in [-0.39, 0.29) is 6.03 Å². The van der Waals surface area contributed by atoms with Crippen LogP contribution in [-0.2, 0) is 4.79 Å². The molecule has 0 spiro atoms. The fraction of sp³-hybridized carbons (Fsp3) is 0.800. The van der Waals surface area contributed by atoms with Crippen molar-refractivity contribution in [2.75, 3.05) is 38.7 Å². The molecule has 0 aromatic carbocycles. The topological polar surface area (TPSA) is 60.9 Å². The van der Waals surface area contributed by atoms with Crippen LogP contribution >= 0.6 is 11.8 Å². The summed E-state index contributed by atoms with van der Waals surface area (Å²) in [4.78, 5) is 25.9. The highest BCUT2D eigenvalue weighted by atomic mass is 32.2. The van der Waals surface area contributed by atoms with Crippen molar-refractivity contribution in [2.45, 2.75) is 6.42 Å². The van der Waals surface area contributed by atoms with Crippen LogP contribution in [0.25, 0.3) is 0 Å². The van der Waals surface area contributed by atoms with Gasteiger partial charge in [0.2, 0.25) is 0 Å². The Morgan fingerprint density at radius 2 is 2.25 bits per heavy atom. The summed E-state index contributed by atoms with van der Waals surface area (Å²) in [5.74, 6) is -0.293. The van der Waals surface area contributed by atoms with Crippen molar-refractivity contribution in [1.29, 1.82) is 0 Å². The van der Waals surface area contributed by atoms with Gasteiger partial charge in [0.15, 0.2) is 0 Å². The first kappa shape index (κ1) is 13.2. The van der Waals surface area contributed by atoms with Crippen LogP contribution in [0.2, 0.25) is 0 Å². The Morgan fingerprint density at radius 1 is 1.56 bits per heavy atom. The van der Waals surface area contributed by atoms with Gasteiger partial charge < -0.3 is 14.9 Å². The number of carbonyl (C=O) groups excluding carboxylic acids is 1. The third-order valence-electron chi connectivity index (χ3n) is 2.77. The lowest BCUT2D eigenvalue weighted by atomic mass is 10.1. The smallest absolute Gasteiger partial charge is 0.319 e. The van der Waals surface area contributed by atoms with E-state index in [4.69, 9.17) is 5.11 Å². The van der Waals surface area contributed by atoms with E-state index in [1.807, 2.05) is 6.26 Å². The largest absolute Gasteiger partial charge is 0.481 e. The molecule has 6 heteroatoms. The predicted molar refractivity (Wildman–Crippen MR) is 63.7 cm³/mol. The van der Waals surface area contributed by atoms with Gasteiger partial charge in [-0.15, -0.1) is 0 Å². The van der Waals surface area contributed by atoms with Crippen LogP contribution in [0.3, 0.4) is 0 Å². The zero-order valence-corrected chi connectivity index (χ0v) is 10.5. The number of carbonyl (C=O) groups is 2. The SMILES string of the molecule is CSCCN(C)C(=O)N1CCC(C(=O)O)C1.